The molecule has 0 aliphatic heterocycles. The molecule has 0 fully saturated rings. The fourth-order valence-electron chi connectivity index (χ4n) is 2.23. The molecule has 2 aromatic carbocycles. The molecular weight excluding hydrogens is 333 g/mol. The number of nitriles is 1. The normalized spacial score (nSPS) is 12.1. The van der Waals surface area contributed by atoms with Crippen molar-refractivity contribution in [3.63, 3.8) is 0 Å². The smallest absolute Gasteiger partial charge is 0.416 e. The summed E-state index contributed by atoms with van der Waals surface area (Å²) in [6.45, 7) is 0. The van der Waals surface area contributed by atoms with Crippen LogP contribution in [0.1, 0.15) is 11.1 Å². The molecule has 130 valence electrons. The second-order valence-corrected chi connectivity index (χ2v) is 5.31. The van der Waals surface area contributed by atoms with Gasteiger partial charge in [-0.25, -0.2) is 0 Å². The molecule has 2 aromatic rings. The van der Waals surface area contributed by atoms with Gasteiger partial charge in [0.1, 0.15) is 11.7 Å². The maximum atomic E-state index is 12.7. The Morgan fingerprint density at radius 1 is 1.24 bits per heavy atom. The molecule has 0 unspecified atom stereocenters. The first kappa shape index (κ1) is 18.3. The third kappa shape index (κ3) is 4.98. The quantitative estimate of drug-likeness (QED) is 0.887. The van der Waals surface area contributed by atoms with Crippen LogP contribution >= 0.6 is 0 Å². The summed E-state index contributed by atoms with van der Waals surface area (Å²) in [5.74, 6) is -1.11. The lowest BCUT2D eigenvalue weighted by Crippen LogP contribution is -2.23. The third-order valence-electron chi connectivity index (χ3n) is 3.50. The number of halogens is 3. The lowest BCUT2D eigenvalue weighted by molar-refractivity contribution is -0.137. The van der Waals surface area contributed by atoms with E-state index in [4.69, 9.17) is 4.74 Å². The van der Waals surface area contributed by atoms with Gasteiger partial charge in [0.25, 0.3) is 0 Å². The van der Waals surface area contributed by atoms with Gasteiger partial charge >= 0.3 is 6.18 Å². The van der Waals surface area contributed by atoms with E-state index in [2.05, 4.69) is 5.32 Å². The maximum Gasteiger partial charge on any atom is 0.416 e. The molecule has 0 saturated heterocycles. The number of hydrogen-bond donors (Lipinski definition) is 1. The zero-order valence-corrected chi connectivity index (χ0v) is 13.3. The summed E-state index contributed by atoms with van der Waals surface area (Å²) < 4.78 is 43.2. The predicted molar refractivity (Wildman–Crippen MR) is 85.9 cm³/mol. The summed E-state index contributed by atoms with van der Waals surface area (Å²) in [5.41, 5.74) is -0.164. The molecule has 7 heteroatoms. The average Bonchev–Trinajstić information content (AvgIpc) is 2.59. The number of carbonyl (C=O) groups is 1. The number of nitrogens with one attached hydrogen (secondary N) is 1. The van der Waals surface area contributed by atoms with Crippen molar-refractivity contribution in [3.8, 4) is 11.8 Å². The predicted octanol–water partition coefficient (Wildman–Crippen LogP) is 4.03. The zero-order chi connectivity index (χ0) is 18.4. The summed E-state index contributed by atoms with van der Waals surface area (Å²) in [6.07, 6.45) is -4.38. The first-order valence-corrected chi connectivity index (χ1v) is 7.34. The maximum absolute atomic E-state index is 12.7. The minimum atomic E-state index is -4.50. The van der Waals surface area contributed by atoms with Crippen LogP contribution < -0.4 is 10.1 Å². The first-order chi connectivity index (χ1) is 11.8. The van der Waals surface area contributed by atoms with E-state index in [1.54, 1.807) is 24.3 Å². The summed E-state index contributed by atoms with van der Waals surface area (Å²) in [6, 6.07) is 13.1. The van der Waals surface area contributed by atoms with Gasteiger partial charge in [0.05, 0.1) is 18.7 Å². The van der Waals surface area contributed by atoms with Crippen LogP contribution in [-0.4, -0.2) is 13.0 Å². The van der Waals surface area contributed by atoms with Crippen molar-refractivity contribution in [2.24, 2.45) is 5.92 Å². The summed E-state index contributed by atoms with van der Waals surface area (Å²) in [4.78, 5) is 12.2. The number of nitrogens with zero attached hydrogens (tertiary/aromatic N) is 1. The molecular formula is C18H15F3N2O2. The molecule has 1 N–H and O–H groups in total. The summed E-state index contributed by atoms with van der Waals surface area (Å²) in [5, 5.41) is 11.6. The number of benzene rings is 2. The van der Waals surface area contributed by atoms with Crippen molar-refractivity contribution in [2.45, 2.75) is 12.6 Å². The molecule has 0 heterocycles. The van der Waals surface area contributed by atoms with E-state index in [1.165, 1.54) is 19.2 Å². The van der Waals surface area contributed by atoms with Crippen LogP contribution in [0.25, 0.3) is 0 Å². The molecule has 1 atom stereocenters. The lowest BCUT2D eigenvalue weighted by Gasteiger charge is -2.13. The molecule has 4 nitrogen and oxygen atoms in total. The fraction of sp³-hybridized carbons (Fsp3) is 0.222. The molecule has 0 saturated carbocycles. The number of methoxy groups -OCH3 is 1. The van der Waals surface area contributed by atoms with E-state index in [0.717, 1.165) is 12.1 Å². The molecule has 0 spiro atoms. The zero-order valence-electron chi connectivity index (χ0n) is 13.3. The van der Waals surface area contributed by atoms with E-state index in [1.807, 2.05) is 6.07 Å². The number of hydrogen-bond acceptors (Lipinski definition) is 3. The Hall–Kier alpha value is -3.01. The van der Waals surface area contributed by atoms with Gasteiger partial charge in [-0.1, -0.05) is 18.2 Å². The largest absolute Gasteiger partial charge is 0.497 e. The van der Waals surface area contributed by atoms with Gasteiger partial charge in [-0.2, -0.15) is 18.4 Å². The van der Waals surface area contributed by atoms with Gasteiger partial charge < -0.3 is 10.1 Å². The molecule has 0 bridgehead atoms. The van der Waals surface area contributed by atoms with Crippen molar-refractivity contribution >= 4 is 11.6 Å². The van der Waals surface area contributed by atoms with Crippen molar-refractivity contribution in [3.05, 3.63) is 59.7 Å². The highest BCUT2D eigenvalue weighted by atomic mass is 19.4. The van der Waals surface area contributed by atoms with E-state index < -0.39 is 23.6 Å². The molecule has 1 amide bonds. The number of carbonyl (C=O) groups excluding carboxylic acids is 1. The van der Waals surface area contributed by atoms with Crippen LogP contribution in [0.2, 0.25) is 0 Å². The lowest BCUT2D eigenvalue weighted by atomic mass is 9.99. The molecule has 25 heavy (non-hydrogen) atoms. The van der Waals surface area contributed by atoms with Crippen molar-refractivity contribution in [1.82, 2.24) is 0 Å². The highest BCUT2D eigenvalue weighted by molar-refractivity contribution is 5.94. The van der Waals surface area contributed by atoms with E-state index >= 15 is 0 Å². The second-order valence-electron chi connectivity index (χ2n) is 5.31. The third-order valence-corrected chi connectivity index (χ3v) is 3.50. The average molecular weight is 348 g/mol. The van der Waals surface area contributed by atoms with Crippen molar-refractivity contribution in [2.75, 3.05) is 12.4 Å². The number of alkyl halides is 3. The summed E-state index contributed by atoms with van der Waals surface area (Å²) in [7, 11) is 1.50. The summed E-state index contributed by atoms with van der Waals surface area (Å²) >= 11 is 0. The Bertz CT molecular complexity index is 797. The molecule has 2 rings (SSSR count). The molecule has 0 radical (unpaired) electrons. The Labute approximate surface area is 142 Å². The Morgan fingerprint density at radius 3 is 2.60 bits per heavy atom. The van der Waals surface area contributed by atoms with Gasteiger partial charge in [0.15, 0.2) is 0 Å². The van der Waals surface area contributed by atoms with E-state index in [-0.39, 0.29) is 12.1 Å². The molecule has 0 aliphatic rings. The standard InChI is InChI=1S/C18H15F3N2O2/c1-25-16-7-2-4-12(9-16)8-13(11-22)17(24)23-15-6-3-5-14(10-15)18(19,20)21/h2-7,9-10,13H,8H2,1H3,(H,23,24)/t13-/m1/s1. The van der Waals surface area contributed by atoms with Gasteiger partial charge in [-0.15, -0.1) is 0 Å². The van der Waals surface area contributed by atoms with Gasteiger partial charge in [0.2, 0.25) is 5.91 Å². The van der Waals surface area contributed by atoms with Crippen molar-refractivity contribution < 1.29 is 22.7 Å². The molecule has 0 aliphatic carbocycles. The monoisotopic (exact) mass is 348 g/mol. The van der Waals surface area contributed by atoms with Gasteiger partial charge in [-0.05, 0) is 42.3 Å². The number of amides is 1. The van der Waals surface area contributed by atoms with Crippen molar-refractivity contribution in [1.29, 1.82) is 5.26 Å². The van der Waals surface area contributed by atoms with E-state index in [0.29, 0.717) is 11.3 Å². The Morgan fingerprint density at radius 2 is 1.96 bits per heavy atom. The minimum Gasteiger partial charge on any atom is -0.497 e. The second kappa shape index (κ2) is 7.71. The number of rotatable bonds is 5. The van der Waals surface area contributed by atoms with E-state index in [9.17, 15) is 23.2 Å². The van der Waals surface area contributed by atoms with Crippen LogP contribution in [0, 0.1) is 17.2 Å². The Balaban J connectivity index is 2.11. The molecule has 0 aromatic heterocycles. The minimum absolute atomic E-state index is 0.00860. The van der Waals surface area contributed by atoms with Crippen LogP contribution in [0.3, 0.4) is 0 Å². The highest BCUT2D eigenvalue weighted by Gasteiger charge is 2.30. The highest BCUT2D eigenvalue weighted by Crippen LogP contribution is 2.30. The fourth-order valence-corrected chi connectivity index (χ4v) is 2.23. The van der Waals surface area contributed by atoms with Gasteiger partial charge in [-0.3, -0.25) is 4.79 Å². The van der Waals surface area contributed by atoms with Crippen LogP contribution in [0.5, 0.6) is 5.75 Å². The van der Waals surface area contributed by atoms with Gasteiger partial charge in [0, 0.05) is 5.69 Å². The van der Waals surface area contributed by atoms with Crippen LogP contribution in [0.15, 0.2) is 48.5 Å². The first-order valence-electron chi connectivity index (χ1n) is 7.34. The van der Waals surface area contributed by atoms with Crippen LogP contribution in [0.4, 0.5) is 18.9 Å². The number of anilines is 1. The SMILES string of the molecule is COc1cccc(C[C@H](C#N)C(=O)Nc2cccc(C(F)(F)F)c2)c1. The topological polar surface area (TPSA) is 62.1 Å². The number of ether oxygens (including phenoxy) is 1. The van der Waals surface area contributed by atoms with Crippen LogP contribution in [-0.2, 0) is 17.4 Å². The Kier molecular flexibility index (Phi) is 5.65.